The van der Waals surface area contributed by atoms with E-state index in [9.17, 15) is 0 Å². The summed E-state index contributed by atoms with van der Waals surface area (Å²) in [6.45, 7) is 0.380. The molecule has 0 atom stereocenters. The molecule has 1 fully saturated rings. The summed E-state index contributed by atoms with van der Waals surface area (Å²) in [6, 6.07) is 0. The first-order chi connectivity index (χ1) is 5.36. The van der Waals surface area contributed by atoms with Crippen molar-refractivity contribution in [3.63, 3.8) is 0 Å². The lowest BCUT2D eigenvalue weighted by Crippen LogP contribution is -2.15. The molecule has 1 aliphatic carbocycles. The predicted octanol–water partition coefficient (Wildman–Crippen LogP) is 2.69. The third kappa shape index (κ3) is 2.96. The van der Waals surface area contributed by atoms with Gasteiger partial charge in [0, 0.05) is 6.61 Å². The van der Waals surface area contributed by atoms with E-state index in [1.54, 1.807) is 0 Å². The molecular formula is C9H15BrO. The number of halogens is 1. The van der Waals surface area contributed by atoms with Gasteiger partial charge < -0.3 is 5.11 Å². The third-order valence-corrected chi connectivity index (χ3v) is 2.80. The van der Waals surface area contributed by atoms with E-state index in [-0.39, 0.29) is 0 Å². The quantitative estimate of drug-likeness (QED) is 0.756. The number of allylic oxidation sites excluding steroid dienone is 1. The molecule has 0 saturated heterocycles. The van der Waals surface area contributed by atoms with Crippen LogP contribution in [0.5, 0.6) is 0 Å². The van der Waals surface area contributed by atoms with Crippen molar-refractivity contribution in [2.45, 2.75) is 25.7 Å². The van der Waals surface area contributed by atoms with Crippen LogP contribution in [-0.2, 0) is 0 Å². The van der Waals surface area contributed by atoms with Crippen LogP contribution in [0.4, 0.5) is 0 Å². The van der Waals surface area contributed by atoms with E-state index < -0.39 is 0 Å². The molecule has 0 aliphatic heterocycles. The molecule has 2 heteroatoms. The van der Waals surface area contributed by atoms with Gasteiger partial charge in [-0.2, -0.15) is 0 Å². The lowest BCUT2D eigenvalue weighted by atomic mass is 9.83. The second kappa shape index (κ2) is 4.94. The van der Waals surface area contributed by atoms with Gasteiger partial charge in [-0.05, 0) is 42.5 Å². The average Bonchev–Trinajstić information content (AvgIpc) is 2.07. The van der Waals surface area contributed by atoms with Gasteiger partial charge in [-0.1, -0.05) is 22.0 Å². The molecule has 0 aromatic heterocycles. The second-order valence-corrected chi connectivity index (χ2v) is 3.81. The summed E-state index contributed by atoms with van der Waals surface area (Å²) in [5, 5.41) is 8.88. The van der Waals surface area contributed by atoms with Gasteiger partial charge in [0.2, 0.25) is 0 Å². The molecular weight excluding hydrogens is 204 g/mol. The molecule has 1 rings (SSSR count). The maximum absolute atomic E-state index is 8.88. The van der Waals surface area contributed by atoms with Crippen molar-refractivity contribution < 1.29 is 5.11 Å². The van der Waals surface area contributed by atoms with E-state index in [2.05, 4.69) is 22.0 Å². The van der Waals surface area contributed by atoms with Gasteiger partial charge in [0.1, 0.15) is 0 Å². The molecule has 0 aromatic carbocycles. The zero-order chi connectivity index (χ0) is 8.10. The van der Waals surface area contributed by atoms with E-state index in [4.69, 9.17) is 5.11 Å². The molecule has 11 heavy (non-hydrogen) atoms. The van der Waals surface area contributed by atoms with E-state index in [0.29, 0.717) is 12.5 Å². The Hall–Kier alpha value is 0.180. The van der Waals surface area contributed by atoms with Crippen LogP contribution in [0.15, 0.2) is 11.1 Å². The molecule has 64 valence electrons. The zero-order valence-corrected chi connectivity index (χ0v) is 8.26. The third-order valence-electron chi connectivity index (χ3n) is 2.49. The first-order valence-corrected chi connectivity index (χ1v) is 5.16. The van der Waals surface area contributed by atoms with Crippen LogP contribution >= 0.6 is 15.9 Å². The van der Waals surface area contributed by atoms with Gasteiger partial charge in [-0.15, -0.1) is 0 Å². The minimum atomic E-state index is 0.380. The standard InChI is InChI=1S/C9H15BrO/c10-6-5-8-1-3-9(7-11)4-2-8/h5-6,8-9,11H,1-4,7H2/b6-5-. The predicted molar refractivity (Wildman–Crippen MR) is 50.6 cm³/mol. The van der Waals surface area contributed by atoms with Crippen molar-refractivity contribution in [1.82, 2.24) is 0 Å². The lowest BCUT2D eigenvalue weighted by Gasteiger charge is -2.24. The zero-order valence-electron chi connectivity index (χ0n) is 6.67. The lowest BCUT2D eigenvalue weighted by molar-refractivity contribution is 0.178. The average molecular weight is 219 g/mol. The Kier molecular flexibility index (Phi) is 4.16. The summed E-state index contributed by atoms with van der Waals surface area (Å²) in [4.78, 5) is 1.96. The van der Waals surface area contributed by atoms with Crippen LogP contribution in [-0.4, -0.2) is 11.7 Å². The van der Waals surface area contributed by atoms with Gasteiger partial charge in [0.05, 0.1) is 0 Å². The van der Waals surface area contributed by atoms with Crippen LogP contribution in [0.25, 0.3) is 0 Å². The monoisotopic (exact) mass is 218 g/mol. The number of aliphatic hydroxyl groups excluding tert-OH is 1. The van der Waals surface area contributed by atoms with Crippen LogP contribution in [0.2, 0.25) is 0 Å². The fourth-order valence-corrected chi connectivity index (χ4v) is 2.10. The minimum Gasteiger partial charge on any atom is -0.396 e. The Labute approximate surface area is 76.6 Å². The van der Waals surface area contributed by atoms with E-state index >= 15 is 0 Å². The highest BCUT2D eigenvalue weighted by molar-refractivity contribution is 9.11. The van der Waals surface area contributed by atoms with Gasteiger partial charge in [-0.25, -0.2) is 0 Å². The maximum Gasteiger partial charge on any atom is 0.0459 e. The molecule has 1 N–H and O–H groups in total. The van der Waals surface area contributed by atoms with Crippen LogP contribution in [0, 0.1) is 11.8 Å². The van der Waals surface area contributed by atoms with E-state index in [1.165, 1.54) is 25.7 Å². The number of rotatable bonds is 2. The van der Waals surface area contributed by atoms with Gasteiger partial charge in [-0.3, -0.25) is 0 Å². The number of hydrogen-bond acceptors (Lipinski definition) is 1. The first-order valence-electron chi connectivity index (χ1n) is 4.24. The highest BCUT2D eigenvalue weighted by atomic mass is 79.9. The highest BCUT2D eigenvalue weighted by Crippen LogP contribution is 2.29. The van der Waals surface area contributed by atoms with Crippen LogP contribution < -0.4 is 0 Å². The van der Waals surface area contributed by atoms with Crippen LogP contribution in [0.3, 0.4) is 0 Å². The summed E-state index contributed by atoms with van der Waals surface area (Å²) in [5.41, 5.74) is 0. The molecule has 1 aliphatic rings. The van der Waals surface area contributed by atoms with Gasteiger partial charge >= 0.3 is 0 Å². The topological polar surface area (TPSA) is 20.2 Å². The molecule has 0 heterocycles. The number of aliphatic hydroxyl groups is 1. The van der Waals surface area contributed by atoms with Crippen molar-refractivity contribution in [2.75, 3.05) is 6.61 Å². The molecule has 0 radical (unpaired) electrons. The van der Waals surface area contributed by atoms with Crippen molar-refractivity contribution in [3.05, 3.63) is 11.1 Å². The minimum absolute atomic E-state index is 0.380. The summed E-state index contributed by atoms with van der Waals surface area (Å²) in [7, 11) is 0. The van der Waals surface area contributed by atoms with E-state index in [0.717, 1.165) is 5.92 Å². The SMILES string of the molecule is OCC1CCC(/C=C\Br)CC1. The van der Waals surface area contributed by atoms with Crippen molar-refractivity contribution in [1.29, 1.82) is 0 Å². The summed E-state index contributed by atoms with van der Waals surface area (Å²) in [5.74, 6) is 1.33. The summed E-state index contributed by atoms with van der Waals surface area (Å²) >= 11 is 3.29. The Bertz CT molecular complexity index is 126. The van der Waals surface area contributed by atoms with Crippen LogP contribution in [0.1, 0.15) is 25.7 Å². The Balaban J connectivity index is 2.24. The molecule has 0 amide bonds. The molecule has 1 saturated carbocycles. The maximum atomic E-state index is 8.88. The van der Waals surface area contributed by atoms with Crippen molar-refractivity contribution >= 4 is 15.9 Å². The first kappa shape index (κ1) is 9.27. The Morgan fingerprint density at radius 3 is 2.36 bits per heavy atom. The largest absolute Gasteiger partial charge is 0.396 e. The molecule has 0 unspecified atom stereocenters. The van der Waals surface area contributed by atoms with E-state index in [1.807, 2.05) is 4.99 Å². The van der Waals surface area contributed by atoms with Crippen molar-refractivity contribution in [3.8, 4) is 0 Å². The van der Waals surface area contributed by atoms with Crippen molar-refractivity contribution in [2.24, 2.45) is 11.8 Å². The van der Waals surface area contributed by atoms with Gasteiger partial charge in [0.25, 0.3) is 0 Å². The molecule has 0 aromatic rings. The smallest absolute Gasteiger partial charge is 0.0459 e. The number of hydrogen-bond donors (Lipinski definition) is 1. The fraction of sp³-hybridized carbons (Fsp3) is 0.778. The highest BCUT2D eigenvalue weighted by Gasteiger charge is 2.17. The Morgan fingerprint density at radius 2 is 1.91 bits per heavy atom. The summed E-state index contributed by atoms with van der Waals surface area (Å²) in [6.07, 6.45) is 7.09. The van der Waals surface area contributed by atoms with Gasteiger partial charge in [0.15, 0.2) is 0 Å². The Morgan fingerprint density at radius 1 is 1.27 bits per heavy atom. The molecule has 0 spiro atoms. The summed E-state index contributed by atoms with van der Waals surface area (Å²) < 4.78 is 0. The normalized spacial score (nSPS) is 32.9. The second-order valence-electron chi connectivity index (χ2n) is 3.28. The molecule has 1 nitrogen and oxygen atoms in total. The molecule has 0 bridgehead atoms. The fourth-order valence-electron chi connectivity index (χ4n) is 1.67.